The summed E-state index contributed by atoms with van der Waals surface area (Å²) in [6.45, 7) is 0. The molecule has 1 aromatic heterocycles. The Hall–Kier alpha value is -1.25. The maximum Gasteiger partial charge on any atom is 0.133 e. The van der Waals surface area contributed by atoms with E-state index in [1.807, 2.05) is 17.8 Å². The molecule has 1 rings (SSSR count). The molecule has 0 amide bonds. The van der Waals surface area contributed by atoms with Crippen LogP contribution in [-0.4, -0.2) is 9.55 Å². The number of hydrogen-bond acceptors (Lipinski definition) is 2. The average molecular weight is 123 g/mol. The molecule has 0 bridgehead atoms. The van der Waals surface area contributed by atoms with Gasteiger partial charge in [0, 0.05) is 19.4 Å². The molecule has 3 heteroatoms. The van der Waals surface area contributed by atoms with Gasteiger partial charge in [-0.05, 0) is 12.3 Å². The molecule has 48 valence electrons. The fourth-order valence-electron chi connectivity index (χ4n) is 0.624. The van der Waals surface area contributed by atoms with Gasteiger partial charge < -0.3 is 10.3 Å². The van der Waals surface area contributed by atoms with Gasteiger partial charge in [0.2, 0.25) is 0 Å². The molecule has 3 nitrogen and oxygen atoms in total. The molecule has 0 spiro atoms. The summed E-state index contributed by atoms with van der Waals surface area (Å²) in [4.78, 5) is 4.00. The highest BCUT2D eigenvalue weighted by Crippen LogP contribution is 1.94. The monoisotopic (exact) mass is 123 g/mol. The third-order valence-electron chi connectivity index (χ3n) is 1.10. The van der Waals surface area contributed by atoms with Gasteiger partial charge in [0.1, 0.15) is 5.82 Å². The van der Waals surface area contributed by atoms with Crippen LogP contribution in [0, 0.1) is 0 Å². The van der Waals surface area contributed by atoms with Crippen LogP contribution in [0.1, 0.15) is 5.82 Å². The predicted octanol–water partition coefficient (Wildman–Crippen LogP) is 0.350. The van der Waals surface area contributed by atoms with E-state index in [2.05, 4.69) is 4.98 Å². The summed E-state index contributed by atoms with van der Waals surface area (Å²) >= 11 is 0. The first kappa shape index (κ1) is 5.88. The summed E-state index contributed by atoms with van der Waals surface area (Å²) < 4.78 is 1.89. The Labute approximate surface area is 53.8 Å². The van der Waals surface area contributed by atoms with E-state index in [-0.39, 0.29) is 0 Å². The molecular weight excluding hydrogens is 114 g/mol. The van der Waals surface area contributed by atoms with Crippen LogP contribution in [0.5, 0.6) is 0 Å². The number of imidazole rings is 1. The Morgan fingerprint density at radius 1 is 1.78 bits per heavy atom. The number of aromatic nitrogens is 2. The van der Waals surface area contributed by atoms with Crippen LogP contribution in [0.25, 0.3) is 6.08 Å². The SMILES string of the molecule is Cn1ccnc1/C=C\N. The highest BCUT2D eigenvalue weighted by atomic mass is 15.0. The third-order valence-corrected chi connectivity index (χ3v) is 1.10. The second-order valence-electron chi connectivity index (χ2n) is 1.76. The lowest BCUT2D eigenvalue weighted by atomic mass is 10.6. The Morgan fingerprint density at radius 3 is 3.00 bits per heavy atom. The van der Waals surface area contributed by atoms with E-state index in [9.17, 15) is 0 Å². The summed E-state index contributed by atoms with van der Waals surface area (Å²) in [5.74, 6) is 0.873. The van der Waals surface area contributed by atoms with Crippen molar-refractivity contribution < 1.29 is 0 Å². The van der Waals surface area contributed by atoms with Crippen molar-refractivity contribution in [2.75, 3.05) is 0 Å². The molecule has 0 atom stereocenters. The van der Waals surface area contributed by atoms with Gasteiger partial charge in [0.15, 0.2) is 0 Å². The van der Waals surface area contributed by atoms with Gasteiger partial charge in [-0.3, -0.25) is 0 Å². The van der Waals surface area contributed by atoms with Crippen molar-refractivity contribution in [1.29, 1.82) is 0 Å². The van der Waals surface area contributed by atoms with Crippen molar-refractivity contribution in [3.8, 4) is 0 Å². The van der Waals surface area contributed by atoms with Gasteiger partial charge in [-0.2, -0.15) is 0 Å². The van der Waals surface area contributed by atoms with Crippen LogP contribution in [0.2, 0.25) is 0 Å². The van der Waals surface area contributed by atoms with Gasteiger partial charge in [-0.25, -0.2) is 4.98 Å². The van der Waals surface area contributed by atoms with Crippen molar-refractivity contribution in [3.05, 3.63) is 24.4 Å². The molecule has 0 aliphatic rings. The Kier molecular flexibility index (Phi) is 1.53. The quantitative estimate of drug-likeness (QED) is 0.585. The van der Waals surface area contributed by atoms with E-state index in [0.29, 0.717) is 0 Å². The predicted molar refractivity (Wildman–Crippen MR) is 36.4 cm³/mol. The Balaban J connectivity index is 2.94. The van der Waals surface area contributed by atoms with E-state index >= 15 is 0 Å². The van der Waals surface area contributed by atoms with E-state index in [4.69, 9.17) is 5.73 Å². The molecule has 1 aromatic rings. The smallest absolute Gasteiger partial charge is 0.133 e. The van der Waals surface area contributed by atoms with Crippen LogP contribution in [-0.2, 0) is 7.05 Å². The minimum Gasteiger partial charge on any atom is -0.404 e. The van der Waals surface area contributed by atoms with Crippen LogP contribution in [0.15, 0.2) is 18.6 Å². The van der Waals surface area contributed by atoms with Gasteiger partial charge in [-0.1, -0.05) is 0 Å². The largest absolute Gasteiger partial charge is 0.404 e. The molecule has 0 saturated heterocycles. The van der Waals surface area contributed by atoms with Gasteiger partial charge in [0.25, 0.3) is 0 Å². The molecule has 0 saturated carbocycles. The number of nitrogens with zero attached hydrogens (tertiary/aromatic N) is 2. The molecule has 1 heterocycles. The van der Waals surface area contributed by atoms with Crippen LogP contribution >= 0.6 is 0 Å². The maximum atomic E-state index is 5.15. The molecule has 9 heavy (non-hydrogen) atoms. The second-order valence-corrected chi connectivity index (χ2v) is 1.76. The topological polar surface area (TPSA) is 43.8 Å². The van der Waals surface area contributed by atoms with Crippen LogP contribution in [0.3, 0.4) is 0 Å². The zero-order valence-corrected chi connectivity index (χ0v) is 5.28. The van der Waals surface area contributed by atoms with Gasteiger partial charge in [-0.15, -0.1) is 0 Å². The highest BCUT2D eigenvalue weighted by Gasteiger charge is 1.88. The van der Waals surface area contributed by atoms with E-state index in [1.165, 1.54) is 6.20 Å². The normalized spacial score (nSPS) is 10.8. The van der Waals surface area contributed by atoms with E-state index < -0.39 is 0 Å². The fraction of sp³-hybridized carbons (Fsp3) is 0.167. The maximum absolute atomic E-state index is 5.15. The average Bonchev–Trinajstić information content (AvgIpc) is 2.18. The van der Waals surface area contributed by atoms with Crippen molar-refractivity contribution in [2.45, 2.75) is 0 Å². The first-order valence-electron chi connectivity index (χ1n) is 2.70. The lowest BCUT2D eigenvalue weighted by Gasteiger charge is -1.90. The number of rotatable bonds is 1. The lowest BCUT2D eigenvalue weighted by molar-refractivity contribution is 0.897. The van der Waals surface area contributed by atoms with Gasteiger partial charge in [0.05, 0.1) is 0 Å². The zero-order chi connectivity index (χ0) is 6.69. The lowest BCUT2D eigenvalue weighted by Crippen LogP contribution is -1.89. The summed E-state index contributed by atoms with van der Waals surface area (Å²) in [6, 6.07) is 0. The number of nitrogens with two attached hydrogens (primary N) is 1. The fourth-order valence-corrected chi connectivity index (χ4v) is 0.624. The molecule has 0 radical (unpaired) electrons. The van der Waals surface area contributed by atoms with Crippen LogP contribution in [0.4, 0.5) is 0 Å². The van der Waals surface area contributed by atoms with E-state index in [0.717, 1.165) is 5.82 Å². The van der Waals surface area contributed by atoms with Crippen molar-refractivity contribution in [1.82, 2.24) is 9.55 Å². The Morgan fingerprint density at radius 2 is 2.56 bits per heavy atom. The molecule has 0 aliphatic heterocycles. The number of hydrogen-bond donors (Lipinski definition) is 1. The first-order chi connectivity index (χ1) is 4.34. The Bertz CT molecular complexity index is 212. The van der Waals surface area contributed by atoms with Crippen molar-refractivity contribution >= 4 is 6.08 Å². The number of aryl methyl sites for hydroxylation is 1. The van der Waals surface area contributed by atoms with Gasteiger partial charge >= 0.3 is 0 Å². The molecular formula is C6H9N3. The minimum atomic E-state index is 0.873. The highest BCUT2D eigenvalue weighted by molar-refractivity contribution is 5.38. The second kappa shape index (κ2) is 2.35. The molecule has 0 unspecified atom stereocenters. The third kappa shape index (κ3) is 1.10. The van der Waals surface area contributed by atoms with E-state index in [1.54, 1.807) is 12.3 Å². The van der Waals surface area contributed by atoms with Crippen LogP contribution < -0.4 is 5.73 Å². The molecule has 0 aromatic carbocycles. The van der Waals surface area contributed by atoms with Crippen molar-refractivity contribution in [2.24, 2.45) is 12.8 Å². The zero-order valence-electron chi connectivity index (χ0n) is 5.28. The summed E-state index contributed by atoms with van der Waals surface area (Å²) in [5, 5.41) is 0. The molecule has 0 fully saturated rings. The summed E-state index contributed by atoms with van der Waals surface area (Å²) in [7, 11) is 1.92. The standard InChI is InChI=1S/C6H9N3/c1-9-5-4-8-6(9)2-3-7/h2-5H,7H2,1H3/b3-2-. The molecule has 2 N–H and O–H groups in total. The summed E-state index contributed by atoms with van der Waals surface area (Å²) in [5.41, 5.74) is 5.15. The van der Waals surface area contributed by atoms with Crippen molar-refractivity contribution in [3.63, 3.8) is 0 Å². The molecule has 0 aliphatic carbocycles. The summed E-state index contributed by atoms with van der Waals surface area (Å²) in [6.07, 6.45) is 6.83. The first-order valence-corrected chi connectivity index (χ1v) is 2.70. The minimum absolute atomic E-state index is 0.873.